The van der Waals surface area contributed by atoms with E-state index in [0.717, 1.165) is 16.9 Å². The number of nitrogens with zero attached hydrogens (tertiary/aromatic N) is 1. The molecule has 0 fully saturated rings. The summed E-state index contributed by atoms with van der Waals surface area (Å²) in [5.41, 5.74) is 2.56. The standard InChI is InChI=1S/C19H23N3O2S/c1-13-5-4-6-15(11-13)18(23)21-16(8-10-25-3)19(24)22-17-12-14(2)7-9-20-17/h4-7,9,11-12,16H,8,10H2,1-3H3,(H,21,23)(H,20,22,24). The third kappa shape index (κ3) is 5.90. The van der Waals surface area contributed by atoms with Crippen LogP contribution in [-0.4, -0.2) is 34.8 Å². The smallest absolute Gasteiger partial charge is 0.251 e. The summed E-state index contributed by atoms with van der Waals surface area (Å²) < 4.78 is 0. The molecule has 1 aromatic carbocycles. The van der Waals surface area contributed by atoms with Gasteiger partial charge in [0, 0.05) is 11.8 Å². The van der Waals surface area contributed by atoms with E-state index < -0.39 is 6.04 Å². The highest BCUT2D eigenvalue weighted by molar-refractivity contribution is 7.98. The van der Waals surface area contributed by atoms with E-state index in [1.807, 2.05) is 38.3 Å². The average molecular weight is 357 g/mol. The number of nitrogens with one attached hydrogen (secondary N) is 2. The number of benzene rings is 1. The van der Waals surface area contributed by atoms with E-state index in [0.29, 0.717) is 17.8 Å². The van der Waals surface area contributed by atoms with Gasteiger partial charge in [-0.25, -0.2) is 4.98 Å². The summed E-state index contributed by atoms with van der Waals surface area (Å²) in [6.07, 6.45) is 4.17. The number of carbonyl (C=O) groups excluding carboxylic acids is 2. The van der Waals surface area contributed by atoms with Crippen LogP contribution in [0.3, 0.4) is 0 Å². The van der Waals surface area contributed by atoms with Crippen LogP contribution in [0.2, 0.25) is 0 Å². The van der Waals surface area contributed by atoms with Gasteiger partial charge >= 0.3 is 0 Å². The molecule has 1 heterocycles. The summed E-state index contributed by atoms with van der Waals surface area (Å²) in [5, 5.41) is 5.62. The van der Waals surface area contributed by atoms with E-state index >= 15 is 0 Å². The normalized spacial score (nSPS) is 11.6. The van der Waals surface area contributed by atoms with Crippen LogP contribution in [0.1, 0.15) is 27.9 Å². The maximum Gasteiger partial charge on any atom is 0.251 e. The molecule has 2 N–H and O–H groups in total. The Morgan fingerprint density at radius 1 is 1.16 bits per heavy atom. The maximum absolute atomic E-state index is 12.6. The van der Waals surface area contributed by atoms with Gasteiger partial charge in [0.2, 0.25) is 5.91 Å². The number of aromatic nitrogens is 1. The molecule has 0 bridgehead atoms. The fourth-order valence-corrected chi connectivity index (χ4v) is 2.82. The lowest BCUT2D eigenvalue weighted by atomic mass is 10.1. The lowest BCUT2D eigenvalue weighted by molar-refractivity contribution is -0.118. The Hall–Kier alpha value is -2.34. The van der Waals surface area contributed by atoms with E-state index in [2.05, 4.69) is 15.6 Å². The van der Waals surface area contributed by atoms with Gasteiger partial charge in [0.1, 0.15) is 11.9 Å². The second-order valence-corrected chi connectivity index (χ2v) is 6.87. The number of amides is 2. The molecular weight excluding hydrogens is 334 g/mol. The second kappa shape index (κ2) is 9.22. The van der Waals surface area contributed by atoms with Crippen LogP contribution < -0.4 is 10.6 Å². The molecule has 6 heteroatoms. The summed E-state index contributed by atoms with van der Waals surface area (Å²) in [6, 6.07) is 10.4. The molecule has 0 saturated heterocycles. The van der Waals surface area contributed by atoms with Crippen LogP contribution in [0.25, 0.3) is 0 Å². The van der Waals surface area contributed by atoms with Crippen molar-refractivity contribution in [3.63, 3.8) is 0 Å². The van der Waals surface area contributed by atoms with Gasteiger partial charge in [-0.15, -0.1) is 0 Å². The molecule has 0 radical (unpaired) electrons. The molecule has 132 valence electrons. The first-order chi connectivity index (χ1) is 12.0. The van der Waals surface area contributed by atoms with Gasteiger partial charge in [0.05, 0.1) is 0 Å². The molecule has 5 nitrogen and oxygen atoms in total. The van der Waals surface area contributed by atoms with Gasteiger partial charge in [-0.2, -0.15) is 11.8 Å². The second-order valence-electron chi connectivity index (χ2n) is 5.88. The lowest BCUT2D eigenvalue weighted by Gasteiger charge is -2.18. The average Bonchev–Trinajstić information content (AvgIpc) is 2.58. The van der Waals surface area contributed by atoms with Crippen molar-refractivity contribution in [3.8, 4) is 0 Å². The highest BCUT2D eigenvalue weighted by Crippen LogP contribution is 2.10. The van der Waals surface area contributed by atoms with Crippen molar-refractivity contribution >= 4 is 29.4 Å². The summed E-state index contributed by atoms with van der Waals surface area (Å²) in [6.45, 7) is 3.86. The van der Waals surface area contributed by atoms with Crippen LogP contribution in [-0.2, 0) is 4.79 Å². The zero-order valence-corrected chi connectivity index (χ0v) is 15.5. The van der Waals surface area contributed by atoms with Crippen molar-refractivity contribution in [3.05, 3.63) is 59.3 Å². The minimum Gasteiger partial charge on any atom is -0.340 e. The first kappa shape index (κ1) is 19.0. The summed E-state index contributed by atoms with van der Waals surface area (Å²) in [5.74, 6) is 0.757. The zero-order valence-electron chi connectivity index (χ0n) is 14.7. The number of carbonyl (C=O) groups is 2. The number of anilines is 1. The SMILES string of the molecule is CSCCC(NC(=O)c1cccc(C)c1)C(=O)Nc1cc(C)ccn1. The van der Waals surface area contributed by atoms with Gasteiger partial charge < -0.3 is 10.6 Å². The van der Waals surface area contributed by atoms with Crippen molar-refractivity contribution in [2.45, 2.75) is 26.3 Å². The predicted octanol–water partition coefficient (Wildman–Crippen LogP) is 3.19. The summed E-state index contributed by atoms with van der Waals surface area (Å²) >= 11 is 1.63. The minimum absolute atomic E-state index is 0.248. The topological polar surface area (TPSA) is 71.1 Å². The third-order valence-electron chi connectivity index (χ3n) is 3.68. The molecule has 0 aliphatic carbocycles. The molecule has 2 amide bonds. The summed E-state index contributed by atoms with van der Waals surface area (Å²) in [4.78, 5) is 29.2. The van der Waals surface area contributed by atoms with Gasteiger partial charge in [-0.1, -0.05) is 17.7 Å². The minimum atomic E-state index is -0.609. The van der Waals surface area contributed by atoms with Crippen molar-refractivity contribution in [1.82, 2.24) is 10.3 Å². The fraction of sp³-hybridized carbons (Fsp3) is 0.316. The Labute approximate surface area is 152 Å². The number of aryl methyl sites for hydroxylation is 2. The van der Waals surface area contributed by atoms with E-state index in [-0.39, 0.29) is 11.8 Å². The largest absolute Gasteiger partial charge is 0.340 e. The molecule has 1 atom stereocenters. The van der Waals surface area contributed by atoms with Gasteiger partial charge in [0.25, 0.3) is 5.91 Å². The Bertz CT molecular complexity index is 749. The molecule has 1 unspecified atom stereocenters. The monoisotopic (exact) mass is 357 g/mol. The number of thioether (sulfide) groups is 1. The quantitative estimate of drug-likeness (QED) is 0.798. The highest BCUT2D eigenvalue weighted by Gasteiger charge is 2.21. The summed E-state index contributed by atoms with van der Waals surface area (Å²) in [7, 11) is 0. The first-order valence-corrected chi connectivity index (χ1v) is 9.49. The van der Waals surface area contributed by atoms with Crippen molar-refractivity contribution in [2.75, 3.05) is 17.3 Å². The van der Waals surface area contributed by atoms with Crippen molar-refractivity contribution in [1.29, 1.82) is 0 Å². The molecule has 25 heavy (non-hydrogen) atoms. The molecule has 0 spiro atoms. The lowest BCUT2D eigenvalue weighted by Crippen LogP contribution is -2.44. The highest BCUT2D eigenvalue weighted by atomic mass is 32.2. The predicted molar refractivity (Wildman–Crippen MR) is 103 cm³/mol. The molecule has 0 aliphatic heterocycles. The van der Waals surface area contributed by atoms with E-state index in [9.17, 15) is 9.59 Å². The van der Waals surface area contributed by atoms with Crippen LogP contribution in [0.5, 0.6) is 0 Å². The van der Waals surface area contributed by atoms with E-state index in [1.165, 1.54) is 0 Å². The first-order valence-electron chi connectivity index (χ1n) is 8.09. The third-order valence-corrected chi connectivity index (χ3v) is 4.32. The van der Waals surface area contributed by atoms with Crippen LogP contribution in [0, 0.1) is 13.8 Å². The van der Waals surface area contributed by atoms with E-state index in [1.54, 1.807) is 36.2 Å². The Balaban J connectivity index is 2.09. The van der Waals surface area contributed by atoms with Gasteiger partial charge in [0.15, 0.2) is 0 Å². The molecule has 0 aliphatic rings. The van der Waals surface area contributed by atoms with E-state index in [4.69, 9.17) is 0 Å². The molecule has 0 saturated carbocycles. The number of rotatable bonds is 7. The van der Waals surface area contributed by atoms with Crippen LogP contribution >= 0.6 is 11.8 Å². The van der Waals surface area contributed by atoms with Crippen LogP contribution in [0.4, 0.5) is 5.82 Å². The molecule has 2 aromatic rings. The zero-order chi connectivity index (χ0) is 18.2. The Morgan fingerprint density at radius 2 is 1.92 bits per heavy atom. The Kier molecular flexibility index (Phi) is 7.01. The molecular formula is C19H23N3O2S. The number of pyridine rings is 1. The maximum atomic E-state index is 12.6. The van der Waals surface area contributed by atoms with Crippen molar-refractivity contribution in [2.24, 2.45) is 0 Å². The fourth-order valence-electron chi connectivity index (χ4n) is 2.35. The molecule has 2 rings (SSSR count). The number of hydrogen-bond donors (Lipinski definition) is 2. The Morgan fingerprint density at radius 3 is 2.60 bits per heavy atom. The van der Waals surface area contributed by atoms with Gasteiger partial charge in [-0.3, -0.25) is 9.59 Å². The van der Waals surface area contributed by atoms with Crippen LogP contribution in [0.15, 0.2) is 42.6 Å². The molecule has 1 aromatic heterocycles. The van der Waals surface area contributed by atoms with Gasteiger partial charge in [-0.05, 0) is 62.1 Å². The van der Waals surface area contributed by atoms with Crippen molar-refractivity contribution < 1.29 is 9.59 Å². The number of hydrogen-bond acceptors (Lipinski definition) is 4.